The summed E-state index contributed by atoms with van der Waals surface area (Å²) in [7, 11) is 0. The van der Waals surface area contributed by atoms with Crippen molar-refractivity contribution in [3.63, 3.8) is 0 Å². The van der Waals surface area contributed by atoms with Crippen LogP contribution in [0.5, 0.6) is 0 Å². The fourth-order valence-corrected chi connectivity index (χ4v) is 1.79. The smallest absolute Gasteiger partial charge is 0.0630 e. The van der Waals surface area contributed by atoms with Crippen LogP contribution in [0, 0.1) is 0 Å². The molecule has 2 heteroatoms. The van der Waals surface area contributed by atoms with Crippen LogP contribution in [0.15, 0.2) is 12.7 Å². The van der Waals surface area contributed by atoms with Crippen LogP contribution < -0.4 is 0 Å². The van der Waals surface area contributed by atoms with Gasteiger partial charge in [0.1, 0.15) is 0 Å². The van der Waals surface area contributed by atoms with E-state index in [1.807, 2.05) is 17.8 Å². The Bertz CT molecular complexity index is 138. The Kier molecular flexibility index (Phi) is 6.52. The third kappa shape index (κ3) is 9.97. The van der Waals surface area contributed by atoms with Gasteiger partial charge in [0.25, 0.3) is 0 Å². The molecule has 1 atom stereocenters. The minimum Gasteiger partial charge on any atom is -0.392 e. The second-order valence-electron chi connectivity index (χ2n) is 4.30. The van der Waals surface area contributed by atoms with Gasteiger partial charge in [-0.1, -0.05) is 26.8 Å². The van der Waals surface area contributed by atoms with Gasteiger partial charge in [0.15, 0.2) is 0 Å². The molecule has 0 aromatic carbocycles. The predicted octanol–water partition coefficient (Wildman–Crippen LogP) is 3.24. The molecule has 0 aromatic heterocycles. The van der Waals surface area contributed by atoms with E-state index in [1.165, 1.54) is 0 Å². The molecule has 1 N–H and O–H groups in total. The van der Waals surface area contributed by atoms with E-state index in [0.717, 1.165) is 25.0 Å². The average Bonchev–Trinajstić information content (AvgIpc) is 2.00. The van der Waals surface area contributed by atoms with Gasteiger partial charge in [0.2, 0.25) is 0 Å². The Labute approximate surface area is 86.6 Å². The zero-order valence-electron chi connectivity index (χ0n) is 9.05. The van der Waals surface area contributed by atoms with E-state index in [2.05, 4.69) is 27.4 Å². The van der Waals surface area contributed by atoms with Gasteiger partial charge in [-0.05, 0) is 19.3 Å². The van der Waals surface area contributed by atoms with E-state index in [0.29, 0.717) is 0 Å². The number of aliphatic hydroxyl groups excluding tert-OH is 1. The molecule has 1 nitrogen and oxygen atoms in total. The van der Waals surface area contributed by atoms with Crippen molar-refractivity contribution >= 4 is 11.8 Å². The first-order chi connectivity index (χ1) is 5.95. The molecule has 78 valence electrons. The molecule has 0 bridgehead atoms. The highest BCUT2D eigenvalue weighted by molar-refractivity contribution is 8.00. The minimum atomic E-state index is -0.149. The maximum Gasteiger partial charge on any atom is 0.0630 e. The van der Waals surface area contributed by atoms with Gasteiger partial charge in [0, 0.05) is 10.5 Å². The molecule has 0 aliphatic carbocycles. The molecule has 0 heterocycles. The van der Waals surface area contributed by atoms with Gasteiger partial charge in [-0.15, -0.1) is 6.58 Å². The van der Waals surface area contributed by atoms with E-state index in [-0.39, 0.29) is 10.9 Å². The van der Waals surface area contributed by atoms with Gasteiger partial charge in [-0.2, -0.15) is 11.8 Å². The van der Waals surface area contributed by atoms with Crippen molar-refractivity contribution in [3.05, 3.63) is 12.7 Å². The Morgan fingerprint density at radius 1 is 1.46 bits per heavy atom. The first kappa shape index (κ1) is 13.1. The molecule has 0 aliphatic rings. The van der Waals surface area contributed by atoms with Crippen molar-refractivity contribution in [1.82, 2.24) is 0 Å². The standard InChI is InChI=1S/C11H22OS/c1-5-6-7-8-10(12)9-13-11(2,3)4/h5,10,12H,1,6-9H2,2-4H3. The Morgan fingerprint density at radius 2 is 2.08 bits per heavy atom. The van der Waals surface area contributed by atoms with Crippen LogP contribution in [0.2, 0.25) is 0 Å². The second kappa shape index (κ2) is 6.50. The van der Waals surface area contributed by atoms with Crippen molar-refractivity contribution in [2.24, 2.45) is 0 Å². The topological polar surface area (TPSA) is 20.2 Å². The molecule has 0 amide bonds. The Hall–Kier alpha value is 0.0500. The number of aliphatic hydroxyl groups is 1. The van der Waals surface area contributed by atoms with Crippen LogP contribution in [0.4, 0.5) is 0 Å². The Morgan fingerprint density at radius 3 is 2.54 bits per heavy atom. The maximum atomic E-state index is 9.58. The number of allylic oxidation sites excluding steroid dienone is 1. The lowest BCUT2D eigenvalue weighted by Crippen LogP contribution is -2.16. The summed E-state index contributed by atoms with van der Waals surface area (Å²) < 4.78 is 0.263. The van der Waals surface area contributed by atoms with Crippen molar-refractivity contribution < 1.29 is 5.11 Å². The number of hydrogen-bond donors (Lipinski definition) is 1. The molecule has 0 aromatic rings. The van der Waals surface area contributed by atoms with E-state index in [9.17, 15) is 5.11 Å². The lowest BCUT2D eigenvalue weighted by atomic mass is 10.2. The van der Waals surface area contributed by atoms with Crippen LogP contribution >= 0.6 is 11.8 Å². The third-order valence-corrected chi connectivity index (χ3v) is 3.07. The molecule has 0 saturated carbocycles. The van der Waals surface area contributed by atoms with E-state index < -0.39 is 0 Å². The van der Waals surface area contributed by atoms with Crippen LogP contribution in [0.3, 0.4) is 0 Å². The van der Waals surface area contributed by atoms with Crippen LogP contribution in [-0.4, -0.2) is 21.7 Å². The van der Waals surface area contributed by atoms with Gasteiger partial charge in [-0.3, -0.25) is 0 Å². The van der Waals surface area contributed by atoms with Crippen molar-refractivity contribution in [2.75, 3.05) is 5.75 Å². The summed E-state index contributed by atoms with van der Waals surface area (Å²) in [6, 6.07) is 0. The molecular formula is C11H22OS. The summed E-state index contributed by atoms with van der Waals surface area (Å²) in [5, 5.41) is 9.58. The lowest BCUT2D eigenvalue weighted by molar-refractivity contribution is 0.186. The van der Waals surface area contributed by atoms with E-state index in [4.69, 9.17) is 0 Å². The third-order valence-electron chi connectivity index (χ3n) is 1.65. The molecule has 0 spiro atoms. The summed E-state index contributed by atoms with van der Waals surface area (Å²) in [6.07, 6.45) is 4.72. The molecule has 0 rings (SSSR count). The molecule has 0 aliphatic heterocycles. The zero-order valence-corrected chi connectivity index (χ0v) is 9.86. The summed E-state index contributed by atoms with van der Waals surface area (Å²) in [4.78, 5) is 0. The predicted molar refractivity (Wildman–Crippen MR) is 62.3 cm³/mol. The SMILES string of the molecule is C=CCCCC(O)CSC(C)(C)C. The first-order valence-corrected chi connectivity index (χ1v) is 5.87. The van der Waals surface area contributed by atoms with Crippen LogP contribution in [-0.2, 0) is 0 Å². The number of unbranched alkanes of at least 4 members (excludes halogenated alkanes) is 1. The highest BCUT2D eigenvalue weighted by atomic mass is 32.2. The maximum absolute atomic E-state index is 9.58. The average molecular weight is 202 g/mol. The molecule has 0 fully saturated rings. The molecule has 0 radical (unpaired) electrons. The lowest BCUT2D eigenvalue weighted by Gasteiger charge is -2.19. The van der Waals surface area contributed by atoms with Gasteiger partial charge in [-0.25, -0.2) is 0 Å². The van der Waals surface area contributed by atoms with Crippen LogP contribution in [0.1, 0.15) is 40.0 Å². The van der Waals surface area contributed by atoms with E-state index in [1.54, 1.807) is 0 Å². The number of thioether (sulfide) groups is 1. The summed E-state index contributed by atoms with van der Waals surface area (Å²) in [5.41, 5.74) is 0. The monoisotopic (exact) mass is 202 g/mol. The van der Waals surface area contributed by atoms with Gasteiger partial charge >= 0.3 is 0 Å². The first-order valence-electron chi connectivity index (χ1n) is 4.88. The molecule has 1 unspecified atom stereocenters. The minimum absolute atomic E-state index is 0.149. The highest BCUT2D eigenvalue weighted by Gasteiger charge is 2.13. The normalized spacial score (nSPS) is 14.2. The second-order valence-corrected chi connectivity index (χ2v) is 6.14. The van der Waals surface area contributed by atoms with Crippen LogP contribution in [0.25, 0.3) is 0 Å². The number of hydrogen-bond acceptors (Lipinski definition) is 2. The molecular weight excluding hydrogens is 180 g/mol. The van der Waals surface area contributed by atoms with Gasteiger partial charge in [0.05, 0.1) is 6.10 Å². The van der Waals surface area contributed by atoms with Crippen molar-refractivity contribution in [2.45, 2.75) is 50.9 Å². The summed E-state index contributed by atoms with van der Waals surface area (Å²) >= 11 is 1.82. The van der Waals surface area contributed by atoms with Crippen molar-refractivity contribution in [1.29, 1.82) is 0 Å². The van der Waals surface area contributed by atoms with E-state index >= 15 is 0 Å². The fourth-order valence-electron chi connectivity index (χ4n) is 0.927. The zero-order chi connectivity index (χ0) is 10.3. The quantitative estimate of drug-likeness (QED) is 0.527. The summed E-state index contributed by atoms with van der Waals surface area (Å²) in [6.45, 7) is 10.2. The highest BCUT2D eigenvalue weighted by Crippen LogP contribution is 2.24. The summed E-state index contributed by atoms with van der Waals surface area (Å²) in [5.74, 6) is 0.848. The molecule has 0 saturated heterocycles. The van der Waals surface area contributed by atoms with Gasteiger partial charge < -0.3 is 5.11 Å². The fraction of sp³-hybridized carbons (Fsp3) is 0.818. The Balaban J connectivity index is 3.40. The largest absolute Gasteiger partial charge is 0.392 e. The van der Waals surface area contributed by atoms with Crippen molar-refractivity contribution in [3.8, 4) is 0 Å². The number of rotatable bonds is 6. The molecule has 13 heavy (non-hydrogen) atoms.